The number of rotatable bonds is 8. The number of nitrogens with zero attached hydrogens (tertiary/aromatic N) is 3. The fourth-order valence-corrected chi connectivity index (χ4v) is 5.39. The molecule has 0 aliphatic carbocycles. The number of nitrogens with one attached hydrogen (secondary N) is 1. The fourth-order valence-electron chi connectivity index (χ4n) is 5.39. The molecule has 1 unspecified atom stereocenters. The molecule has 0 radical (unpaired) electrons. The molecule has 3 aromatic carbocycles. The standard InChI is InChI=1S/C30H32N4O3/c1-34(21-28(35)31-25-11-3-2-4-12-25,22-30(37)33-19-16-24-10-6-8-14-27(24)33)20-17-29(36)32-18-15-23-9-5-7-13-26(23)32/h2-14H,15-22H2,1H3/p+1. The monoisotopic (exact) mass is 497 g/mol. The van der Waals surface area contributed by atoms with E-state index in [1.54, 1.807) is 0 Å². The second-order valence-electron chi connectivity index (χ2n) is 10.2. The Bertz CT molecular complexity index is 1310. The van der Waals surface area contributed by atoms with E-state index in [1.807, 2.05) is 83.6 Å². The summed E-state index contributed by atoms with van der Waals surface area (Å²) in [5, 5.41) is 2.94. The Labute approximate surface area is 217 Å². The highest BCUT2D eigenvalue weighted by molar-refractivity contribution is 5.97. The summed E-state index contributed by atoms with van der Waals surface area (Å²) in [6, 6.07) is 25.2. The van der Waals surface area contributed by atoms with Gasteiger partial charge in [-0.1, -0.05) is 54.6 Å². The number of likely N-dealkylation sites (N-methyl/N-ethyl adjacent to an activating group) is 1. The van der Waals surface area contributed by atoms with Crippen LogP contribution in [0.2, 0.25) is 0 Å². The number of quaternary nitrogens is 1. The quantitative estimate of drug-likeness (QED) is 0.483. The molecule has 7 heteroatoms. The van der Waals surface area contributed by atoms with E-state index in [0.29, 0.717) is 25.3 Å². The van der Waals surface area contributed by atoms with Crippen LogP contribution in [-0.4, -0.2) is 62.0 Å². The molecule has 7 nitrogen and oxygen atoms in total. The van der Waals surface area contributed by atoms with E-state index < -0.39 is 0 Å². The van der Waals surface area contributed by atoms with Crippen molar-refractivity contribution < 1.29 is 18.9 Å². The van der Waals surface area contributed by atoms with Crippen molar-refractivity contribution in [1.29, 1.82) is 0 Å². The minimum absolute atomic E-state index is 0.0248. The predicted octanol–water partition coefficient (Wildman–Crippen LogP) is 3.64. The molecule has 1 atom stereocenters. The fraction of sp³-hybridized carbons (Fsp3) is 0.300. The number of hydrogen-bond donors (Lipinski definition) is 1. The van der Waals surface area contributed by atoms with Crippen LogP contribution in [0.15, 0.2) is 78.9 Å². The highest BCUT2D eigenvalue weighted by Gasteiger charge is 2.35. The summed E-state index contributed by atoms with van der Waals surface area (Å²) in [5.74, 6) is -0.182. The first-order valence-electron chi connectivity index (χ1n) is 12.9. The molecule has 0 fully saturated rings. The number of hydrogen-bond acceptors (Lipinski definition) is 3. The maximum atomic E-state index is 13.5. The molecule has 2 aliphatic heterocycles. The van der Waals surface area contributed by atoms with Crippen LogP contribution in [0.5, 0.6) is 0 Å². The van der Waals surface area contributed by atoms with Crippen molar-refractivity contribution in [3.63, 3.8) is 0 Å². The number of carbonyl (C=O) groups is 3. The first-order chi connectivity index (χ1) is 17.9. The Hall–Kier alpha value is -3.97. The van der Waals surface area contributed by atoms with Crippen LogP contribution in [0, 0.1) is 0 Å². The average Bonchev–Trinajstić information content (AvgIpc) is 3.52. The minimum atomic E-state index is -0.178. The molecule has 5 rings (SSSR count). The Morgan fingerprint density at radius 3 is 1.89 bits per heavy atom. The molecule has 3 amide bonds. The lowest BCUT2D eigenvalue weighted by Crippen LogP contribution is -2.55. The Morgan fingerprint density at radius 1 is 0.730 bits per heavy atom. The van der Waals surface area contributed by atoms with Gasteiger partial charge in [-0.2, -0.15) is 0 Å². The number of amides is 3. The van der Waals surface area contributed by atoms with Crippen molar-refractivity contribution in [1.82, 2.24) is 0 Å². The number of fused-ring (bicyclic) bond motifs is 2. The smallest absolute Gasteiger partial charge is 0.282 e. The molecule has 0 saturated heterocycles. The van der Waals surface area contributed by atoms with Gasteiger partial charge in [0.15, 0.2) is 13.1 Å². The Balaban J connectivity index is 1.30. The molecule has 37 heavy (non-hydrogen) atoms. The predicted molar refractivity (Wildman–Crippen MR) is 145 cm³/mol. The Kier molecular flexibility index (Phi) is 7.06. The highest BCUT2D eigenvalue weighted by Crippen LogP contribution is 2.29. The van der Waals surface area contributed by atoms with Gasteiger partial charge < -0.3 is 19.6 Å². The van der Waals surface area contributed by atoms with Crippen molar-refractivity contribution in [2.45, 2.75) is 19.3 Å². The molecule has 0 bridgehead atoms. The average molecular weight is 498 g/mol. The van der Waals surface area contributed by atoms with Crippen molar-refractivity contribution >= 4 is 34.8 Å². The third kappa shape index (κ3) is 5.57. The molecular formula is C30H33N4O3+. The molecule has 1 N–H and O–H groups in total. The van der Waals surface area contributed by atoms with Gasteiger partial charge in [0.1, 0.15) is 0 Å². The van der Waals surface area contributed by atoms with Crippen LogP contribution in [0.4, 0.5) is 17.1 Å². The van der Waals surface area contributed by atoms with Crippen LogP contribution >= 0.6 is 0 Å². The van der Waals surface area contributed by atoms with Crippen LogP contribution < -0.4 is 15.1 Å². The van der Waals surface area contributed by atoms with E-state index in [-0.39, 0.29) is 41.7 Å². The maximum Gasteiger partial charge on any atom is 0.282 e. The third-order valence-electron chi connectivity index (χ3n) is 7.34. The molecule has 190 valence electrons. The summed E-state index contributed by atoms with van der Waals surface area (Å²) >= 11 is 0. The molecular weight excluding hydrogens is 464 g/mol. The van der Waals surface area contributed by atoms with Crippen LogP contribution in [-0.2, 0) is 27.2 Å². The zero-order valence-electron chi connectivity index (χ0n) is 21.2. The molecule has 0 aromatic heterocycles. The van der Waals surface area contributed by atoms with Gasteiger partial charge in [-0.15, -0.1) is 0 Å². The van der Waals surface area contributed by atoms with E-state index in [2.05, 4.69) is 17.4 Å². The summed E-state index contributed by atoms with van der Waals surface area (Å²) in [6.07, 6.45) is 1.93. The van der Waals surface area contributed by atoms with Crippen LogP contribution in [0.1, 0.15) is 17.5 Å². The van der Waals surface area contributed by atoms with Crippen LogP contribution in [0.25, 0.3) is 0 Å². The van der Waals surface area contributed by atoms with Gasteiger partial charge in [-0.25, -0.2) is 0 Å². The lowest BCUT2D eigenvalue weighted by atomic mass is 10.2. The van der Waals surface area contributed by atoms with E-state index in [0.717, 1.165) is 29.8 Å². The summed E-state index contributed by atoms with van der Waals surface area (Å²) in [4.78, 5) is 43.5. The largest absolute Gasteiger partial charge is 0.321 e. The topological polar surface area (TPSA) is 69.7 Å². The molecule has 2 aliphatic rings. The van der Waals surface area contributed by atoms with E-state index in [4.69, 9.17) is 0 Å². The Morgan fingerprint density at radius 2 is 1.27 bits per heavy atom. The van der Waals surface area contributed by atoms with E-state index in [1.165, 1.54) is 5.56 Å². The van der Waals surface area contributed by atoms with Gasteiger partial charge in [0, 0.05) is 30.2 Å². The molecule has 0 saturated carbocycles. The first-order valence-corrected chi connectivity index (χ1v) is 12.9. The summed E-state index contributed by atoms with van der Waals surface area (Å²) < 4.78 is 0.150. The van der Waals surface area contributed by atoms with Gasteiger partial charge in [0.25, 0.3) is 11.8 Å². The van der Waals surface area contributed by atoms with Gasteiger partial charge in [0.05, 0.1) is 20.0 Å². The zero-order valence-corrected chi connectivity index (χ0v) is 21.2. The zero-order chi connectivity index (χ0) is 25.8. The molecule has 2 heterocycles. The van der Waals surface area contributed by atoms with Gasteiger partial charge in [-0.05, 0) is 48.2 Å². The lowest BCUT2D eigenvalue weighted by Gasteiger charge is -2.35. The van der Waals surface area contributed by atoms with Crippen molar-refractivity contribution in [2.24, 2.45) is 0 Å². The second kappa shape index (κ2) is 10.6. The van der Waals surface area contributed by atoms with Crippen molar-refractivity contribution in [3.8, 4) is 0 Å². The highest BCUT2D eigenvalue weighted by atomic mass is 16.2. The number of anilines is 3. The van der Waals surface area contributed by atoms with Gasteiger partial charge in [-0.3, -0.25) is 14.4 Å². The summed E-state index contributed by atoms with van der Waals surface area (Å²) in [6.45, 7) is 1.93. The number of para-hydroxylation sites is 3. The summed E-state index contributed by atoms with van der Waals surface area (Å²) in [5.41, 5.74) is 4.96. The normalized spacial score (nSPS) is 15.6. The lowest BCUT2D eigenvalue weighted by molar-refractivity contribution is -0.893. The number of carbonyl (C=O) groups excluding carboxylic acids is 3. The first kappa shape index (κ1) is 24.7. The van der Waals surface area contributed by atoms with Crippen molar-refractivity contribution in [2.75, 3.05) is 54.9 Å². The maximum absolute atomic E-state index is 13.5. The summed E-state index contributed by atoms with van der Waals surface area (Å²) in [7, 11) is 1.90. The van der Waals surface area contributed by atoms with Crippen LogP contribution in [0.3, 0.4) is 0 Å². The van der Waals surface area contributed by atoms with E-state index >= 15 is 0 Å². The third-order valence-corrected chi connectivity index (χ3v) is 7.34. The minimum Gasteiger partial charge on any atom is -0.321 e. The van der Waals surface area contributed by atoms with Crippen molar-refractivity contribution in [3.05, 3.63) is 90.0 Å². The molecule has 3 aromatic rings. The van der Waals surface area contributed by atoms with Gasteiger partial charge in [0.2, 0.25) is 5.91 Å². The second-order valence-corrected chi connectivity index (χ2v) is 10.2. The molecule has 0 spiro atoms. The van der Waals surface area contributed by atoms with E-state index in [9.17, 15) is 14.4 Å². The number of benzene rings is 3. The van der Waals surface area contributed by atoms with Gasteiger partial charge >= 0.3 is 0 Å². The SMILES string of the molecule is C[N+](CCC(=O)N1CCc2ccccc21)(CC(=O)Nc1ccccc1)CC(=O)N1CCc2ccccc21.